The molecule has 1 heterocycles. The van der Waals surface area contributed by atoms with Crippen LogP contribution in [-0.2, 0) is 11.3 Å². The molecule has 0 saturated carbocycles. The summed E-state index contributed by atoms with van der Waals surface area (Å²) < 4.78 is 1.97. The number of aryl methyl sites for hydroxylation is 1. The second kappa shape index (κ2) is 9.81. The van der Waals surface area contributed by atoms with E-state index in [0.717, 1.165) is 11.1 Å². The van der Waals surface area contributed by atoms with E-state index in [1.807, 2.05) is 31.2 Å². The number of aromatic nitrogens is 3. The molecule has 2 amide bonds. The van der Waals surface area contributed by atoms with E-state index in [2.05, 4.69) is 20.8 Å². The van der Waals surface area contributed by atoms with Crippen LogP contribution in [0.5, 0.6) is 0 Å². The molecule has 9 heteroatoms. The van der Waals surface area contributed by atoms with Crippen LogP contribution >= 0.6 is 23.8 Å². The van der Waals surface area contributed by atoms with Crippen LogP contribution in [0, 0.1) is 11.7 Å². The van der Waals surface area contributed by atoms with Crippen LogP contribution in [0.25, 0.3) is 11.4 Å². The fraction of sp³-hybridized carbons (Fsp3) is 0.0833. The Labute approximate surface area is 200 Å². The molecule has 4 rings (SSSR count). The zero-order valence-electron chi connectivity index (χ0n) is 17.6. The number of hydrogen-bond donors (Lipinski definition) is 3. The van der Waals surface area contributed by atoms with Crippen molar-refractivity contribution in [2.24, 2.45) is 0 Å². The van der Waals surface area contributed by atoms with Gasteiger partial charge in [-0.15, -0.1) is 0 Å². The fourth-order valence-electron chi connectivity index (χ4n) is 3.30. The first kappa shape index (κ1) is 22.4. The number of nitrogens with zero attached hydrogens (tertiary/aromatic N) is 2. The summed E-state index contributed by atoms with van der Waals surface area (Å²) in [7, 11) is 0. The lowest BCUT2D eigenvalue weighted by Crippen LogP contribution is -2.21. The van der Waals surface area contributed by atoms with Crippen molar-refractivity contribution in [2.45, 2.75) is 13.5 Å². The minimum absolute atomic E-state index is 0.0436. The number of carbonyl (C=O) groups excluding carboxylic acids is 2. The minimum Gasteiger partial charge on any atom is -0.323 e. The molecule has 0 unspecified atom stereocenters. The second-order valence-corrected chi connectivity index (χ2v) is 8.19. The molecule has 3 N–H and O–H groups in total. The summed E-state index contributed by atoms with van der Waals surface area (Å²) in [5.74, 6) is -0.0510. The number of halogens is 1. The molecule has 0 aliphatic heterocycles. The van der Waals surface area contributed by atoms with E-state index in [4.69, 9.17) is 23.8 Å². The van der Waals surface area contributed by atoms with Gasteiger partial charge in [0.25, 0.3) is 5.91 Å². The molecule has 166 valence electrons. The summed E-state index contributed by atoms with van der Waals surface area (Å²) in [4.78, 5) is 25.5. The molecule has 1 aromatic heterocycles. The minimum atomic E-state index is -0.313. The Balaban J connectivity index is 1.51. The van der Waals surface area contributed by atoms with Gasteiger partial charge in [0.2, 0.25) is 5.91 Å². The van der Waals surface area contributed by atoms with Crippen molar-refractivity contribution in [3.05, 3.63) is 93.7 Å². The zero-order chi connectivity index (χ0) is 23.4. The predicted molar refractivity (Wildman–Crippen MR) is 132 cm³/mol. The van der Waals surface area contributed by atoms with Crippen LogP contribution in [0.15, 0.2) is 72.8 Å². The van der Waals surface area contributed by atoms with Crippen molar-refractivity contribution < 1.29 is 9.59 Å². The van der Waals surface area contributed by atoms with Crippen molar-refractivity contribution in [2.75, 3.05) is 10.6 Å². The quantitative estimate of drug-likeness (QED) is 0.321. The second-order valence-electron chi connectivity index (χ2n) is 7.36. The van der Waals surface area contributed by atoms with Crippen LogP contribution in [0.2, 0.25) is 5.02 Å². The van der Waals surface area contributed by atoms with E-state index in [-0.39, 0.29) is 18.4 Å². The maximum atomic E-state index is 12.9. The average Bonchev–Trinajstić information content (AvgIpc) is 3.15. The maximum Gasteiger partial charge on any atom is 0.255 e. The summed E-state index contributed by atoms with van der Waals surface area (Å²) in [6.07, 6.45) is 0. The lowest BCUT2D eigenvalue weighted by Gasteiger charge is -2.13. The summed E-state index contributed by atoms with van der Waals surface area (Å²) in [6, 6.07) is 21.3. The Kier molecular flexibility index (Phi) is 6.67. The molecular weight excluding hydrogens is 458 g/mol. The van der Waals surface area contributed by atoms with Gasteiger partial charge in [-0.05, 0) is 61.6 Å². The number of para-hydroxylation sites is 2. The summed E-state index contributed by atoms with van der Waals surface area (Å²) in [6.45, 7) is 1.94. The highest BCUT2D eigenvalue weighted by molar-refractivity contribution is 7.71. The number of nitrogens with one attached hydrogen (secondary N) is 3. The van der Waals surface area contributed by atoms with Crippen molar-refractivity contribution in [1.29, 1.82) is 0 Å². The van der Waals surface area contributed by atoms with Crippen LogP contribution in [0.4, 0.5) is 11.4 Å². The molecule has 0 atom stereocenters. The van der Waals surface area contributed by atoms with Gasteiger partial charge in [-0.3, -0.25) is 19.3 Å². The molecule has 0 fully saturated rings. The molecule has 33 heavy (non-hydrogen) atoms. The summed E-state index contributed by atoms with van der Waals surface area (Å²) in [5, 5.41) is 13.3. The molecule has 0 saturated heterocycles. The highest BCUT2D eigenvalue weighted by Crippen LogP contribution is 2.23. The smallest absolute Gasteiger partial charge is 0.255 e. The molecule has 3 aromatic carbocycles. The first-order valence-electron chi connectivity index (χ1n) is 10.1. The largest absolute Gasteiger partial charge is 0.323 e. The topological polar surface area (TPSA) is 91.8 Å². The van der Waals surface area contributed by atoms with E-state index >= 15 is 0 Å². The summed E-state index contributed by atoms with van der Waals surface area (Å²) in [5.41, 5.74) is 3.32. The Morgan fingerprint density at radius 2 is 1.70 bits per heavy atom. The van der Waals surface area contributed by atoms with Gasteiger partial charge in [0, 0.05) is 16.1 Å². The Morgan fingerprint density at radius 1 is 1.00 bits per heavy atom. The third-order valence-electron chi connectivity index (χ3n) is 4.89. The third kappa shape index (κ3) is 5.36. The number of amides is 2. The number of hydrogen-bond acceptors (Lipinski definition) is 4. The Hall–Kier alpha value is -3.75. The van der Waals surface area contributed by atoms with Crippen LogP contribution in [0.1, 0.15) is 15.9 Å². The summed E-state index contributed by atoms with van der Waals surface area (Å²) >= 11 is 11.2. The maximum absolute atomic E-state index is 12.9. The molecule has 0 radical (unpaired) electrons. The molecule has 0 spiro atoms. The van der Waals surface area contributed by atoms with E-state index in [1.165, 1.54) is 0 Å². The molecule has 0 aliphatic carbocycles. The van der Waals surface area contributed by atoms with Gasteiger partial charge in [-0.2, -0.15) is 5.10 Å². The average molecular weight is 478 g/mol. The van der Waals surface area contributed by atoms with Gasteiger partial charge in [-0.1, -0.05) is 47.5 Å². The van der Waals surface area contributed by atoms with E-state index in [0.29, 0.717) is 32.6 Å². The van der Waals surface area contributed by atoms with Gasteiger partial charge in [0.15, 0.2) is 10.6 Å². The number of H-pyrrole nitrogens is 1. The number of benzene rings is 3. The molecule has 4 aromatic rings. The monoisotopic (exact) mass is 477 g/mol. The van der Waals surface area contributed by atoms with Crippen molar-refractivity contribution in [1.82, 2.24) is 14.8 Å². The van der Waals surface area contributed by atoms with Crippen molar-refractivity contribution in [3.8, 4) is 11.4 Å². The van der Waals surface area contributed by atoms with Crippen LogP contribution < -0.4 is 10.6 Å². The van der Waals surface area contributed by atoms with Crippen molar-refractivity contribution in [3.63, 3.8) is 0 Å². The van der Waals surface area contributed by atoms with Gasteiger partial charge < -0.3 is 10.6 Å². The molecule has 7 nitrogen and oxygen atoms in total. The van der Waals surface area contributed by atoms with Crippen LogP contribution in [-0.4, -0.2) is 26.6 Å². The lowest BCUT2D eigenvalue weighted by atomic mass is 10.1. The van der Waals surface area contributed by atoms with E-state index < -0.39 is 0 Å². The predicted octanol–water partition coefficient (Wildman–Crippen LogP) is 5.46. The number of rotatable bonds is 6. The van der Waals surface area contributed by atoms with Gasteiger partial charge in [-0.25, -0.2) is 0 Å². The number of aromatic amines is 1. The number of carbonyl (C=O) groups is 2. The highest BCUT2D eigenvalue weighted by atomic mass is 35.5. The first-order chi connectivity index (χ1) is 15.9. The third-order valence-corrected chi connectivity index (χ3v) is 5.46. The van der Waals surface area contributed by atoms with Crippen LogP contribution in [0.3, 0.4) is 0 Å². The Bertz CT molecular complexity index is 1380. The zero-order valence-corrected chi connectivity index (χ0v) is 19.2. The standard InChI is InChI=1S/C24H20ClN5O2S/c1-15-5-4-6-17(13-15)22-28-29-24(33)30(22)14-21(31)26-19-7-2-3-8-20(19)27-23(32)16-9-11-18(25)12-10-16/h2-13H,14H2,1H3,(H,26,31)(H,27,32)(H,29,33). The Morgan fingerprint density at radius 3 is 2.39 bits per heavy atom. The fourth-order valence-corrected chi connectivity index (χ4v) is 3.62. The highest BCUT2D eigenvalue weighted by Gasteiger charge is 2.15. The van der Waals surface area contributed by atoms with Gasteiger partial charge in [0.05, 0.1) is 11.4 Å². The van der Waals surface area contributed by atoms with E-state index in [1.54, 1.807) is 53.1 Å². The normalized spacial score (nSPS) is 10.6. The van der Waals surface area contributed by atoms with Crippen molar-refractivity contribution >= 4 is 47.0 Å². The van der Waals surface area contributed by atoms with Gasteiger partial charge >= 0.3 is 0 Å². The lowest BCUT2D eigenvalue weighted by molar-refractivity contribution is -0.116. The van der Waals surface area contributed by atoms with Gasteiger partial charge in [0.1, 0.15) is 6.54 Å². The SMILES string of the molecule is Cc1cccc(-c2n[nH]c(=S)n2CC(=O)Nc2ccccc2NC(=O)c2ccc(Cl)cc2)c1. The molecule has 0 bridgehead atoms. The molecule has 0 aliphatic rings. The number of anilines is 2. The molecular formula is C24H20ClN5O2S. The van der Waals surface area contributed by atoms with E-state index in [9.17, 15) is 9.59 Å². The first-order valence-corrected chi connectivity index (χ1v) is 10.9.